The van der Waals surface area contributed by atoms with Gasteiger partial charge in [0.1, 0.15) is 5.76 Å². The van der Waals surface area contributed by atoms with Crippen molar-refractivity contribution in [2.24, 2.45) is 0 Å². The molecular formula is C12H15NO5. The molecule has 0 aliphatic carbocycles. The molecule has 1 saturated heterocycles. The number of amides is 1. The molecule has 2 rings (SSSR count). The van der Waals surface area contributed by atoms with E-state index in [0.29, 0.717) is 19.4 Å². The second kappa shape index (κ2) is 5.68. The number of hydrogen-bond acceptors (Lipinski definition) is 4. The first-order chi connectivity index (χ1) is 8.66. The van der Waals surface area contributed by atoms with Crippen LogP contribution in [0, 0.1) is 0 Å². The summed E-state index contributed by atoms with van der Waals surface area (Å²) in [6.45, 7) is 0.830. The molecule has 0 saturated carbocycles. The fourth-order valence-corrected chi connectivity index (χ4v) is 1.87. The van der Waals surface area contributed by atoms with Crippen molar-refractivity contribution in [2.75, 3.05) is 19.7 Å². The Morgan fingerprint density at radius 2 is 2.33 bits per heavy atom. The zero-order valence-electron chi connectivity index (χ0n) is 9.87. The van der Waals surface area contributed by atoms with E-state index >= 15 is 0 Å². The number of carboxylic acid groups (broad SMARTS) is 1. The Morgan fingerprint density at radius 3 is 3.00 bits per heavy atom. The summed E-state index contributed by atoms with van der Waals surface area (Å²) in [7, 11) is 0. The van der Waals surface area contributed by atoms with E-state index in [4.69, 9.17) is 14.3 Å². The number of nitrogens with zero attached hydrogens (tertiary/aromatic N) is 1. The molecule has 1 aromatic rings. The molecule has 98 valence electrons. The SMILES string of the molecule is O=C(O)C1CN(C(=O)CCc2ccco2)CCO1. The molecule has 1 atom stereocenters. The lowest BCUT2D eigenvalue weighted by atomic mass is 10.2. The lowest BCUT2D eigenvalue weighted by Gasteiger charge is -2.30. The second-order valence-corrected chi connectivity index (χ2v) is 4.12. The van der Waals surface area contributed by atoms with Crippen LogP contribution >= 0.6 is 0 Å². The number of aryl methyl sites for hydroxylation is 1. The van der Waals surface area contributed by atoms with Crippen molar-refractivity contribution in [1.29, 1.82) is 0 Å². The third-order valence-electron chi connectivity index (χ3n) is 2.86. The van der Waals surface area contributed by atoms with E-state index in [1.807, 2.05) is 6.07 Å². The smallest absolute Gasteiger partial charge is 0.334 e. The Hall–Kier alpha value is -1.82. The van der Waals surface area contributed by atoms with Gasteiger partial charge in [0, 0.05) is 19.4 Å². The molecule has 1 unspecified atom stereocenters. The van der Waals surface area contributed by atoms with Gasteiger partial charge in [0.15, 0.2) is 6.10 Å². The largest absolute Gasteiger partial charge is 0.479 e. The normalized spacial score (nSPS) is 19.8. The molecule has 1 fully saturated rings. The molecule has 6 nitrogen and oxygen atoms in total. The van der Waals surface area contributed by atoms with E-state index in [-0.39, 0.29) is 19.1 Å². The first-order valence-electron chi connectivity index (χ1n) is 5.81. The van der Waals surface area contributed by atoms with Crippen molar-refractivity contribution in [3.05, 3.63) is 24.2 Å². The number of furan rings is 1. The summed E-state index contributed by atoms with van der Waals surface area (Å²) in [5, 5.41) is 8.84. The van der Waals surface area contributed by atoms with Crippen LogP contribution in [0.1, 0.15) is 12.2 Å². The molecule has 1 aromatic heterocycles. The number of aliphatic carboxylic acids is 1. The van der Waals surface area contributed by atoms with Gasteiger partial charge in [-0.3, -0.25) is 4.79 Å². The maximum atomic E-state index is 11.9. The minimum Gasteiger partial charge on any atom is -0.479 e. The lowest BCUT2D eigenvalue weighted by Crippen LogP contribution is -2.48. The molecule has 18 heavy (non-hydrogen) atoms. The van der Waals surface area contributed by atoms with Gasteiger partial charge < -0.3 is 19.2 Å². The van der Waals surface area contributed by atoms with Gasteiger partial charge in [-0.2, -0.15) is 0 Å². The summed E-state index contributed by atoms with van der Waals surface area (Å²) in [6.07, 6.45) is 1.50. The maximum absolute atomic E-state index is 11.9. The molecule has 0 radical (unpaired) electrons. The first-order valence-corrected chi connectivity index (χ1v) is 5.81. The van der Waals surface area contributed by atoms with Gasteiger partial charge in [-0.25, -0.2) is 4.79 Å². The second-order valence-electron chi connectivity index (χ2n) is 4.12. The van der Waals surface area contributed by atoms with Gasteiger partial charge in [-0.15, -0.1) is 0 Å². The molecule has 2 heterocycles. The van der Waals surface area contributed by atoms with Gasteiger partial charge in [0.2, 0.25) is 5.91 Å². The van der Waals surface area contributed by atoms with E-state index in [1.54, 1.807) is 12.3 Å². The highest BCUT2D eigenvalue weighted by atomic mass is 16.5. The highest BCUT2D eigenvalue weighted by Crippen LogP contribution is 2.10. The van der Waals surface area contributed by atoms with E-state index in [9.17, 15) is 9.59 Å². The molecule has 1 amide bonds. The minimum atomic E-state index is -1.03. The average molecular weight is 253 g/mol. The molecule has 0 bridgehead atoms. The van der Waals surface area contributed by atoms with Gasteiger partial charge >= 0.3 is 5.97 Å². The third-order valence-corrected chi connectivity index (χ3v) is 2.86. The molecular weight excluding hydrogens is 238 g/mol. The highest BCUT2D eigenvalue weighted by molar-refractivity contribution is 5.78. The summed E-state index contributed by atoms with van der Waals surface area (Å²) in [5.74, 6) is -0.342. The van der Waals surface area contributed by atoms with Crippen molar-refractivity contribution in [3.63, 3.8) is 0 Å². The van der Waals surface area contributed by atoms with E-state index in [1.165, 1.54) is 4.90 Å². The number of rotatable bonds is 4. The number of carbonyl (C=O) groups is 2. The van der Waals surface area contributed by atoms with Crippen LogP contribution in [0.4, 0.5) is 0 Å². The Balaban J connectivity index is 1.83. The van der Waals surface area contributed by atoms with Crippen molar-refractivity contribution >= 4 is 11.9 Å². The molecule has 6 heteroatoms. The standard InChI is InChI=1S/C12H15NO5/c14-11(4-3-9-2-1-6-17-9)13-5-7-18-10(8-13)12(15)16/h1-2,6,10H,3-5,7-8H2,(H,15,16). The topological polar surface area (TPSA) is 80.0 Å². The van der Waals surface area contributed by atoms with Crippen molar-refractivity contribution < 1.29 is 23.8 Å². The third kappa shape index (κ3) is 3.10. The summed E-state index contributed by atoms with van der Waals surface area (Å²) in [6, 6.07) is 3.58. The van der Waals surface area contributed by atoms with Crippen LogP contribution in [0.2, 0.25) is 0 Å². The van der Waals surface area contributed by atoms with Crippen LogP contribution in [0.15, 0.2) is 22.8 Å². The summed E-state index contributed by atoms with van der Waals surface area (Å²) in [5.41, 5.74) is 0. The highest BCUT2D eigenvalue weighted by Gasteiger charge is 2.28. The van der Waals surface area contributed by atoms with Gasteiger partial charge in [-0.1, -0.05) is 0 Å². The molecule has 0 aromatic carbocycles. The number of morpholine rings is 1. The van der Waals surface area contributed by atoms with Crippen molar-refractivity contribution in [2.45, 2.75) is 18.9 Å². The Kier molecular flexibility index (Phi) is 3.99. The van der Waals surface area contributed by atoms with Gasteiger partial charge in [0.05, 0.1) is 19.4 Å². The molecule has 0 spiro atoms. The van der Waals surface area contributed by atoms with Crippen LogP contribution in [0.25, 0.3) is 0 Å². The zero-order chi connectivity index (χ0) is 13.0. The predicted molar refractivity (Wildman–Crippen MR) is 61.0 cm³/mol. The number of hydrogen-bond donors (Lipinski definition) is 1. The summed E-state index contributed by atoms with van der Waals surface area (Å²) < 4.78 is 10.2. The fourth-order valence-electron chi connectivity index (χ4n) is 1.87. The Bertz CT molecular complexity index is 414. The van der Waals surface area contributed by atoms with Gasteiger partial charge in [0.25, 0.3) is 0 Å². The van der Waals surface area contributed by atoms with E-state index in [0.717, 1.165) is 5.76 Å². The zero-order valence-corrected chi connectivity index (χ0v) is 9.87. The summed E-state index contributed by atoms with van der Waals surface area (Å²) in [4.78, 5) is 24.2. The van der Waals surface area contributed by atoms with Crippen LogP contribution in [0.3, 0.4) is 0 Å². The fraction of sp³-hybridized carbons (Fsp3) is 0.500. The number of carbonyl (C=O) groups excluding carboxylic acids is 1. The molecule has 1 N–H and O–H groups in total. The number of ether oxygens (including phenoxy) is 1. The van der Waals surface area contributed by atoms with Crippen LogP contribution in [0.5, 0.6) is 0 Å². The maximum Gasteiger partial charge on any atom is 0.334 e. The van der Waals surface area contributed by atoms with Crippen molar-refractivity contribution in [1.82, 2.24) is 4.90 Å². The first kappa shape index (κ1) is 12.6. The average Bonchev–Trinajstić information content (AvgIpc) is 2.89. The van der Waals surface area contributed by atoms with Crippen LogP contribution in [-0.2, 0) is 20.7 Å². The van der Waals surface area contributed by atoms with Crippen molar-refractivity contribution in [3.8, 4) is 0 Å². The quantitative estimate of drug-likeness (QED) is 0.846. The van der Waals surface area contributed by atoms with Gasteiger partial charge in [-0.05, 0) is 12.1 Å². The Morgan fingerprint density at radius 1 is 1.50 bits per heavy atom. The molecule has 1 aliphatic rings. The summed E-state index contributed by atoms with van der Waals surface area (Å²) >= 11 is 0. The Labute approximate surface area is 104 Å². The molecule has 1 aliphatic heterocycles. The van der Waals surface area contributed by atoms with E-state index in [2.05, 4.69) is 0 Å². The van der Waals surface area contributed by atoms with Crippen LogP contribution < -0.4 is 0 Å². The predicted octanol–water partition coefficient (Wildman–Crippen LogP) is 0.524. The van der Waals surface area contributed by atoms with E-state index < -0.39 is 12.1 Å². The number of carboxylic acids is 1. The van der Waals surface area contributed by atoms with Crippen LogP contribution in [-0.4, -0.2) is 47.7 Å². The monoisotopic (exact) mass is 253 g/mol. The lowest BCUT2D eigenvalue weighted by molar-refractivity contribution is -0.159. The minimum absolute atomic E-state index is 0.0686.